The monoisotopic (exact) mass is 279 g/mol. The van der Waals surface area contributed by atoms with Gasteiger partial charge in [0.2, 0.25) is 0 Å². The molecule has 0 saturated carbocycles. The summed E-state index contributed by atoms with van der Waals surface area (Å²) in [6, 6.07) is 16.5. The van der Waals surface area contributed by atoms with Crippen LogP contribution < -0.4 is 0 Å². The second-order valence-corrected chi connectivity index (χ2v) is 5.03. The van der Waals surface area contributed by atoms with Gasteiger partial charge in [-0.1, -0.05) is 49.4 Å². The van der Waals surface area contributed by atoms with E-state index in [9.17, 15) is 4.79 Å². The highest BCUT2D eigenvalue weighted by molar-refractivity contribution is 6.08. The molecule has 0 atom stereocenters. The molecule has 106 valence electrons. The van der Waals surface area contributed by atoms with Gasteiger partial charge in [-0.3, -0.25) is 0 Å². The molecule has 0 unspecified atom stereocenters. The molecule has 0 radical (unpaired) electrons. The molecule has 2 aromatic carbocycles. The number of aromatic nitrogens is 1. The minimum Gasteiger partial charge on any atom is -0.478 e. The molecule has 0 aliphatic carbocycles. The molecule has 0 aliphatic rings. The topological polar surface area (TPSA) is 42.2 Å². The molecule has 0 spiro atoms. The molecule has 0 aliphatic heterocycles. The lowest BCUT2D eigenvalue weighted by Gasteiger charge is -2.05. The lowest BCUT2D eigenvalue weighted by atomic mass is 10.2. The number of allylic oxidation sites excluding steroid dienone is 1. The van der Waals surface area contributed by atoms with Crippen molar-refractivity contribution in [3.05, 3.63) is 60.2 Å². The van der Waals surface area contributed by atoms with Gasteiger partial charge >= 0.3 is 5.97 Å². The number of benzene rings is 2. The van der Waals surface area contributed by atoms with Crippen LogP contribution in [0.1, 0.15) is 13.3 Å². The van der Waals surface area contributed by atoms with Crippen molar-refractivity contribution in [2.24, 2.45) is 0 Å². The predicted octanol–water partition coefficient (Wildman–Crippen LogP) is 4.22. The average Bonchev–Trinajstić information content (AvgIpc) is 2.82. The summed E-state index contributed by atoms with van der Waals surface area (Å²) in [5.41, 5.74) is 2.73. The molecule has 1 aromatic heterocycles. The van der Waals surface area contributed by atoms with Gasteiger partial charge < -0.3 is 9.67 Å². The number of carboxylic acids is 1. The van der Waals surface area contributed by atoms with Crippen LogP contribution in [-0.4, -0.2) is 15.6 Å². The van der Waals surface area contributed by atoms with E-state index in [1.807, 2.05) is 31.2 Å². The van der Waals surface area contributed by atoms with E-state index in [0.29, 0.717) is 18.5 Å². The molecular formula is C18H17NO2. The number of fused-ring (bicyclic) bond motifs is 3. The van der Waals surface area contributed by atoms with E-state index in [1.165, 1.54) is 10.8 Å². The summed E-state index contributed by atoms with van der Waals surface area (Å²) >= 11 is 0. The number of carboxylic acid groups (broad SMARTS) is 1. The Morgan fingerprint density at radius 3 is 2.05 bits per heavy atom. The van der Waals surface area contributed by atoms with Crippen molar-refractivity contribution in [1.29, 1.82) is 0 Å². The van der Waals surface area contributed by atoms with Crippen LogP contribution in [0.3, 0.4) is 0 Å². The minimum absolute atomic E-state index is 0.455. The Bertz CT molecular complexity index is 789. The molecule has 1 N–H and O–H groups in total. The SMILES string of the molecule is CCC(=CCn1c2ccccc2c2ccccc21)C(=O)O. The first kappa shape index (κ1) is 13.4. The fraction of sp³-hybridized carbons (Fsp3) is 0.167. The molecule has 3 aromatic rings. The van der Waals surface area contributed by atoms with Crippen molar-refractivity contribution in [2.45, 2.75) is 19.9 Å². The Labute approximate surface area is 123 Å². The van der Waals surface area contributed by atoms with E-state index in [0.717, 1.165) is 11.0 Å². The maximum atomic E-state index is 11.1. The fourth-order valence-electron chi connectivity index (χ4n) is 2.78. The van der Waals surface area contributed by atoms with Gasteiger partial charge in [-0.2, -0.15) is 0 Å². The summed E-state index contributed by atoms with van der Waals surface area (Å²) in [5.74, 6) is -0.835. The summed E-state index contributed by atoms with van der Waals surface area (Å²) in [7, 11) is 0. The molecule has 3 heteroatoms. The van der Waals surface area contributed by atoms with Crippen LogP contribution in [0.25, 0.3) is 21.8 Å². The summed E-state index contributed by atoms with van der Waals surface area (Å²) in [4.78, 5) is 11.1. The van der Waals surface area contributed by atoms with Crippen molar-refractivity contribution in [1.82, 2.24) is 4.57 Å². The Kier molecular flexibility index (Phi) is 3.48. The van der Waals surface area contributed by atoms with Gasteiger partial charge in [0.25, 0.3) is 0 Å². The van der Waals surface area contributed by atoms with E-state index in [2.05, 4.69) is 28.8 Å². The van der Waals surface area contributed by atoms with Gasteiger partial charge in [-0.15, -0.1) is 0 Å². The van der Waals surface area contributed by atoms with Crippen molar-refractivity contribution in [3.8, 4) is 0 Å². The van der Waals surface area contributed by atoms with E-state index >= 15 is 0 Å². The van der Waals surface area contributed by atoms with Gasteiger partial charge in [0.05, 0.1) is 0 Å². The lowest BCUT2D eigenvalue weighted by Crippen LogP contribution is -2.02. The minimum atomic E-state index is -0.835. The molecular weight excluding hydrogens is 262 g/mol. The Morgan fingerprint density at radius 2 is 1.57 bits per heavy atom. The van der Waals surface area contributed by atoms with Crippen molar-refractivity contribution in [2.75, 3.05) is 0 Å². The normalized spacial score (nSPS) is 12.1. The lowest BCUT2D eigenvalue weighted by molar-refractivity contribution is -0.132. The van der Waals surface area contributed by atoms with Gasteiger partial charge in [0.15, 0.2) is 0 Å². The van der Waals surface area contributed by atoms with Gasteiger partial charge in [0, 0.05) is 33.9 Å². The number of hydrogen-bond acceptors (Lipinski definition) is 1. The highest BCUT2D eigenvalue weighted by Crippen LogP contribution is 2.28. The Morgan fingerprint density at radius 1 is 1.05 bits per heavy atom. The number of aliphatic carboxylic acids is 1. The first-order valence-corrected chi connectivity index (χ1v) is 7.10. The quantitative estimate of drug-likeness (QED) is 0.727. The Balaban J connectivity index is 2.18. The third-order valence-electron chi connectivity index (χ3n) is 3.86. The zero-order valence-corrected chi connectivity index (χ0v) is 11.9. The van der Waals surface area contributed by atoms with Crippen LogP contribution in [-0.2, 0) is 11.3 Å². The summed E-state index contributed by atoms with van der Waals surface area (Å²) in [6.45, 7) is 2.44. The maximum absolute atomic E-state index is 11.1. The Hall–Kier alpha value is -2.55. The second-order valence-electron chi connectivity index (χ2n) is 5.03. The molecule has 0 bridgehead atoms. The van der Waals surface area contributed by atoms with Crippen LogP contribution in [0.5, 0.6) is 0 Å². The number of para-hydroxylation sites is 2. The van der Waals surface area contributed by atoms with Gasteiger partial charge in [-0.25, -0.2) is 4.79 Å². The fourth-order valence-corrected chi connectivity index (χ4v) is 2.78. The third-order valence-corrected chi connectivity index (χ3v) is 3.86. The van der Waals surface area contributed by atoms with Crippen molar-refractivity contribution >= 4 is 27.8 Å². The highest BCUT2D eigenvalue weighted by atomic mass is 16.4. The van der Waals surface area contributed by atoms with Crippen LogP contribution in [0.2, 0.25) is 0 Å². The van der Waals surface area contributed by atoms with E-state index < -0.39 is 5.97 Å². The molecule has 0 fully saturated rings. The highest BCUT2D eigenvalue weighted by Gasteiger charge is 2.09. The van der Waals surface area contributed by atoms with Crippen molar-refractivity contribution < 1.29 is 9.90 Å². The van der Waals surface area contributed by atoms with Gasteiger partial charge in [-0.05, 0) is 18.6 Å². The van der Waals surface area contributed by atoms with Crippen LogP contribution in [0, 0.1) is 0 Å². The van der Waals surface area contributed by atoms with Gasteiger partial charge in [0.1, 0.15) is 0 Å². The summed E-state index contributed by atoms with van der Waals surface area (Å²) in [5, 5.41) is 11.6. The number of carbonyl (C=O) groups is 1. The zero-order chi connectivity index (χ0) is 14.8. The van der Waals surface area contributed by atoms with Crippen LogP contribution in [0.4, 0.5) is 0 Å². The number of rotatable bonds is 4. The smallest absolute Gasteiger partial charge is 0.331 e. The predicted molar refractivity (Wildman–Crippen MR) is 85.5 cm³/mol. The standard InChI is InChI=1S/C18H17NO2/c1-2-13(18(20)21)11-12-19-16-9-5-3-7-14(16)15-8-4-6-10-17(15)19/h3-11H,2,12H2,1H3,(H,20,21). The summed E-state index contributed by atoms with van der Waals surface area (Å²) < 4.78 is 2.17. The largest absolute Gasteiger partial charge is 0.478 e. The molecule has 1 heterocycles. The van der Waals surface area contributed by atoms with Crippen LogP contribution >= 0.6 is 0 Å². The number of nitrogens with zero attached hydrogens (tertiary/aromatic N) is 1. The first-order chi connectivity index (χ1) is 10.2. The second kappa shape index (κ2) is 5.44. The average molecular weight is 279 g/mol. The molecule has 0 amide bonds. The molecule has 21 heavy (non-hydrogen) atoms. The molecule has 3 nitrogen and oxygen atoms in total. The van der Waals surface area contributed by atoms with E-state index in [1.54, 1.807) is 6.08 Å². The zero-order valence-electron chi connectivity index (χ0n) is 11.9. The maximum Gasteiger partial charge on any atom is 0.331 e. The molecule has 3 rings (SSSR count). The van der Waals surface area contributed by atoms with E-state index in [-0.39, 0.29) is 0 Å². The summed E-state index contributed by atoms with van der Waals surface area (Å²) in [6.07, 6.45) is 2.34. The molecule has 0 saturated heterocycles. The van der Waals surface area contributed by atoms with Crippen molar-refractivity contribution in [3.63, 3.8) is 0 Å². The first-order valence-electron chi connectivity index (χ1n) is 7.10. The number of hydrogen-bond donors (Lipinski definition) is 1. The van der Waals surface area contributed by atoms with E-state index in [4.69, 9.17) is 5.11 Å². The van der Waals surface area contributed by atoms with Crippen LogP contribution in [0.15, 0.2) is 60.2 Å². The third kappa shape index (κ3) is 2.31.